The normalized spacial score (nSPS) is 19.7. The topological polar surface area (TPSA) is 58.1 Å². The van der Waals surface area contributed by atoms with E-state index in [1.165, 1.54) is 12.6 Å². The van der Waals surface area contributed by atoms with E-state index in [0.29, 0.717) is 23.3 Å². The van der Waals surface area contributed by atoms with Gasteiger partial charge in [-0.3, -0.25) is 4.98 Å². The number of halogens is 1. The second-order valence-electron chi connectivity index (χ2n) is 4.65. The number of rotatable bonds is 2. The number of aromatic nitrogens is 2. The van der Waals surface area contributed by atoms with E-state index in [1.807, 2.05) is 4.90 Å². The molecular formula is C12H17ClN4O. The number of nitrogens with zero attached hydrogens (tertiary/aromatic N) is 3. The van der Waals surface area contributed by atoms with Crippen molar-refractivity contribution in [1.82, 2.24) is 20.2 Å². The van der Waals surface area contributed by atoms with Gasteiger partial charge in [-0.25, -0.2) is 9.78 Å². The first kappa shape index (κ1) is 13.1. The fourth-order valence-electron chi connectivity index (χ4n) is 2.11. The summed E-state index contributed by atoms with van der Waals surface area (Å²) >= 11 is 5.88. The van der Waals surface area contributed by atoms with Crippen LogP contribution in [0.5, 0.6) is 0 Å². The van der Waals surface area contributed by atoms with Crippen LogP contribution in [-0.2, 0) is 6.54 Å². The Labute approximate surface area is 112 Å². The Morgan fingerprint density at radius 3 is 3.06 bits per heavy atom. The van der Waals surface area contributed by atoms with Gasteiger partial charge in [-0.15, -0.1) is 0 Å². The lowest BCUT2D eigenvalue weighted by atomic mass is 10.0. The van der Waals surface area contributed by atoms with E-state index in [0.717, 1.165) is 19.5 Å². The average molecular weight is 269 g/mol. The molecule has 2 amide bonds. The van der Waals surface area contributed by atoms with E-state index in [-0.39, 0.29) is 6.03 Å². The lowest BCUT2D eigenvalue weighted by molar-refractivity contribution is 0.169. The van der Waals surface area contributed by atoms with Crippen LogP contribution in [0, 0.1) is 5.92 Å². The number of carbonyl (C=O) groups is 1. The van der Waals surface area contributed by atoms with Gasteiger partial charge in [0.15, 0.2) is 5.15 Å². The summed E-state index contributed by atoms with van der Waals surface area (Å²) in [6.07, 6.45) is 5.36. The summed E-state index contributed by atoms with van der Waals surface area (Å²) < 4.78 is 0. The second kappa shape index (κ2) is 6.00. The zero-order valence-corrected chi connectivity index (χ0v) is 11.2. The molecule has 1 N–H and O–H groups in total. The first-order valence-corrected chi connectivity index (χ1v) is 6.53. The van der Waals surface area contributed by atoms with Gasteiger partial charge < -0.3 is 10.2 Å². The number of hydrogen-bond acceptors (Lipinski definition) is 3. The molecule has 1 saturated heterocycles. The summed E-state index contributed by atoms with van der Waals surface area (Å²) in [5.41, 5.74) is 0.595. The molecule has 0 radical (unpaired) electrons. The maximum absolute atomic E-state index is 12.0. The predicted molar refractivity (Wildman–Crippen MR) is 69.2 cm³/mol. The Hall–Kier alpha value is -1.36. The largest absolute Gasteiger partial charge is 0.332 e. The van der Waals surface area contributed by atoms with E-state index in [2.05, 4.69) is 22.2 Å². The highest BCUT2D eigenvalue weighted by molar-refractivity contribution is 6.29. The van der Waals surface area contributed by atoms with Gasteiger partial charge in [-0.05, 0) is 18.8 Å². The Morgan fingerprint density at radius 2 is 2.33 bits per heavy atom. The van der Waals surface area contributed by atoms with Crippen molar-refractivity contribution < 1.29 is 4.79 Å². The molecule has 2 heterocycles. The molecule has 18 heavy (non-hydrogen) atoms. The van der Waals surface area contributed by atoms with Crippen molar-refractivity contribution in [3.63, 3.8) is 0 Å². The first-order chi connectivity index (χ1) is 8.66. The van der Waals surface area contributed by atoms with Crippen LogP contribution in [0.15, 0.2) is 12.4 Å². The van der Waals surface area contributed by atoms with Crippen LogP contribution in [0.2, 0.25) is 5.15 Å². The minimum Gasteiger partial charge on any atom is -0.332 e. The van der Waals surface area contributed by atoms with Gasteiger partial charge in [0.2, 0.25) is 0 Å². The lowest BCUT2D eigenvalue weighted by Gasteiger charge is -2.30. The monoisotopic (exact) mass is 268 g/mol. The average Bonchev–Trinajstić information content (AvgIpc) is 2.37. The van der Waals surface area contributed by atoms with Crippen molar-refractivity contribution in [1.29, 1.82) is 0 Å². The van der Waals surface area contributed by atoms with Crippen LogP contribution in [0.25, 0.3) is 0 Å². The zero-order chi connectivity index (χ0) is 13.0. The van der Waals surface area contributed by atoms with Crippen LogP contribution >= 0.6 is 11.6 Å². The van der Waals surface area contributed by atoms with E-state index >= 15 is 0 Å². The fraction of sp³-hybridized carbons (Fsp3) is 0.583. The minimum atomic E-state index is -0.0525. The van der Waals surface area contributed by atoms with Gasteiger partial charge in [-0.1, -0.05) is 18.5 Å². The number of hydrogen-bond donors (Lipinski definition) is 1. The van der Waals surface area contributed by atoms with Gasteiger partial charge in [0.1, 0.15) is 0 Å². The van der Waals surface area contributed by atoms with E-state index in [9.17, 15) is 4.79 Å². The molecular weight excluding hydrogens is 252 g/mol. The minimum absolute atomic E-state index is 0.0525. The smallest absolute Gasteiger partial charge is 0.317 e. The van der Waals surface area contributed by atoms with Crippen LogP contribution in [0.1, 0.15) is 25.5 Å². The molecule has 1 unspecified atom stereocenters. The summed E-state index contributed by atoms with van der Waals surface area (Å²) in [6, 6.07) is -0.0525. The van der Waals surface area contributed by atoms with Crippen molar-refractivity contribution >= 4 is 17.6 Å². The Balaban J connectivity index is 1.86. The number of piperidine rings is 1. The Morgan fingerprint density at radius 1 is 1.56 bits per heavy atom. The van der Waals surface area contributed by atoms with Crippen LogP contribution in [0.4, 0.5) is 4.79 Å². The molecule has 1 fully saturated rings. The van der Waals surface area contributed by atoms with Crippen molar-refractivity contribution in [3.05, 3.63) is 23.2 Å². The van der Waals surface area contributed by atoms with E-state index in [1.54, 1.807) is 6.20 Å². The summed E-state index contributed by atoms with van der Waals surface area (Å²) in [5.74, 6) is 0.574. The molecule has 1 aliphatic heterocycles. The lowest BCUT2D eigenvalue weighted by Crippen LogP contribution is -2.44. The quantitative estimate of drug-likeness (QED) is 0.893. The third-order valence-electron chi connectivity index (χ3n) is 3.07. The van der Waals surface area contributed by atoms with Gasteiger partial charge in [0.05, 0.1) is 12.2 Å². The molecule has 98 valence electrons. The molecule has 0 saturated carbocycles. The second-order valence-corrected chi connectivity index (χ2v) is 5.00. The third-order valence-corrected chi connectivity index (χ3v) is 3.39. The van der Waals surface area contributed by atoms with Crippen molar-refractivity contribution in [2.75, 3.05) is 13.1 Å². The molecule has 0 bridgehead atoms. The Bertz CT molecular complexity index is 426. The van der Waals surface area contributed by atoms with Crippen molar-refractivity contribution in [3.8, 4) is 0 Å². The van der Waals surface area contributed by atoms with Crippen LogP contribution in [-0.4, -0.2) is 34.0 Å². The summed E-state index contributed by atoms with van der Waals surface area (Å²) in [6.45, 7) is 4.12. The van der Waals surface area contributed by atoms with Crippen molar-refractivity contribution in [2.45, 2.75) is 26.3 Å². The highest BCUT2D eigenvalue weighted by Crippen LogP contribution is 2.15. The summed E-state index contributed by atoms with van der Waals surface area (Å²) in [7, 11) is 0. The number of carbonyl (C=O) groups excluding carboxylic acids is 1. The standard InChI is InChI=1S/C12H17ClN4O/c1-9-3-2-6-17(8-9)12(18)16-7-10-11(13)15-5-4-14-10/h4-5,9H,2-3,6-8H2,1H3,(H,16,18). The highest BCUT2D eigenvalue weighted by Gasteiger charge is 2.20. The van der Waals surface area contributed by atoms with Gasteiger partial charge in [0.25, 0.3) is 0 Å². The van der Waals surface area contributed by atoms with Gasteiger partial charge in [-0.2, -0.15) is 0 Å². The number of amides is 2. The van der Waals surface area contributed by atoms with Crippen LogP contribution < -0.4 is 5.32 Å². The summed E-state index contributed by atoms with van der Waals surface area (Å²) in [4.78, 5) is 21.8. The third kappa shape index (κ3) is 3.32. The van der Waals surface area contributed by atoms with Gasteiger partial charge >= 0.3 is 6.03 Å². The molecule has 1 atom stereocenters. The molecule has 0 aromatic carbocycles. The van der Waals surface area contributed by atoms with E-state index < -0.39 is 0 Å². The van der Waals surface area contributed by atoms with Crippen LogP contribution in [0.3, 0.4) is 0 Å². The molecule has 5 nitrogen and oxygen atoms in total. The molecule has 6 heteroatoms. The van der Waals surface area contributed by atoms with Crippen molar-refractivity contribution in [2.24, 2.45) is 5.92 Å². The van der Waals surface area contributed by atoms with Gasteiger partial charge in [0, 0.05) is 25.5 Å². The zero-order valence-electron chi connectivity index (χ0n) is 10.4. The predicted octanol–water partition coefficient (Wildman–Crippen LogP) is 2.07. The summed E-state index contributed by atoms with van der Waals surface area (Å²) in [5, 5.41) is 3.17. The molecule has 1 aromatic rings. The SMILES string of the molecule is CC1CCCN(C(=O)NCc2nccnc2Cl)C1. The molecule has 2 rings (SSSR count). The molecule has 0 aliphatic carbocycles. The fourth-order valence-corrected chi connectivity index (χ4v) is 2.29. The first-order valence-electron chi connectivity index (χ1n) is 6.15. The number of likely N-dealkylation sites (tertiary alicyclic amines) is 1. The van der Waals surface area contributed by atoms with E-state index in [4.69, 9.17) is 11.6 Å². The molecule has 0 spiro atoms. The maximum atomic E-state index is 12.0. The number of nitrogens with one attached hydrogen (secondary N) is 1. The molecule has 1 aliphatic rings. The molecule has 1 aromatic heterocycles. The number of urea groups is 1. The highest BCUT2D eigenvalue weighted by atomic mass is 35.5. The maximum Gasteiger partial charge on any atom is 0.317 e. The Kier molecular flexibility index (Phi) is 4.36.